The first-order valence-electron chi connectivity index (χ1n) is 4.67. The molecule has 3 nitrogen and oxygen atoms in total. The minimum atomic E-state index is -0.704. The Labute approximate surface area is 73.2 Å². The molecule has 3 atom stereocenters. The molecule has 2 N–H and O–H groups in total. The molecule has 0 amide bonds. The molecule has 0 unspecified atom stereocenters. The molecule has 1 rings (SSSR count). The summed E-state index contributed by atoms with van der Waals surface area (Å²) in [6.07, 6.45) is 2.90. The normalized spacial score (nSPS) is 35.3. The zero-order chi connectivity index (χ0) is 9.14. The quantitative estimate of drug-likeness (QED) is 0.671. The van der Waals surface area contributed by atoms with Crippen LogP contribution < -0.4 is 5.32 Å². The van der Waals surface area contributed by atoms with Gasteiger partial charge in [0.05, 0.1) is 0 Å². The van der Waals surface area contributed by atoms with E-state index in [9.17, 15) is 4.79 Å². The first kappa shape index (κ1) is 9.52. The molecule has 1 saturated heterocycles. The van der Waals surface area contributed by atoms with E-state index >= 15 is 0 Å². The van der Waals surface area contributed by atoms with E-state index < -0.39 is 5.97 Å². The first-order chi connectivity index (χ1) is 5.69. The summed E-state index contributed by atoms with van der Waals surface area (Å²) in [6.45, 7) is 4.23. The molecule has 1 aliphatic rings. The number of hydrogen-bond acceptors (Lipinski definition) is 2. The number of carbonyl (C=O) groups is 1. The van der Waals surface area contributed by atoms with Crippen LogP contribution in [0.15, 0.2) is 0 Å². The van der Waals surface area contributed by atoms with Crippen LogP contribution in [0.3, 0.4) is 0 Å². The molecule has 12 heavy (non-hydrogen) atoms. The third kappa shape index (κ3) is 1.78. The Morgan fingerprint density at radius 1 is 1.50 bits per heavy atom. The Morgan fingerprint density at radius 3 is 2.50 bits per heavy atom. The Bertz CT molecular complexity index is 158. The summed E-state index contributed by atoms with van der Waals surface area (Å²) in [5.41, 5.74) is 0. The second-order valence-corrected chi connectivity index (χ2v) is 3.48. The maximum absolute atomic E-state index is 10.7. The number of carboxylic acid groups (broad SMARTS) is 1. The van der Waals surface area contributed by atoms with Gasteiger partial charge >= 0.3 is 5.97 Å². The van der Waals surface area contributed by atoms with Crippen molar-refractivity contribution in [3.63, 3.8) is 0 Å². The van der Waals surface area contributed by atoms with Crippen molar-refractivity contribution < 1.29 is 9.90 Å². The van der Waals surface area contributed by atoms with Gasteiger partial charge in [-0.1, -0.05) is 20.3 Å². The summed E-state index contributed by atoms with van der Waals surface area (Å²) in [7, 11) is 0. The first-order valence-corrected chi connectivity index (χ1v) is 4.67. The van der Waals surface area contributed by atoms with Crippen LogP contribution in [0, 0.1) is 5.92 Å². The minimum Gasteiger partial charge on any atom is -0.480 e. The van der Waals surface area contributed by atoms with Crippen molar-refractivity contribution in [2.24, 2.45) is 5.92 Å². The third-order valence-corrected chi connectivity index (χ3v) is 2.79. The molecule has 0 bridgehead atoms. The maximum Gasteiger partial charge on any atom is 0.320 e. The fraction of sp³-hybridized carbons (Fsp3) is 0.889. The molecule has 0 spiro atoms. The van der Waals surface area contributed by atoms with E-state index in [1.165, 1.54) is 0 Å². The predicted molar refractivity (Wildman–Crippen MR) is 47.0 cm³/mol. The topological polar surface area (TPSA) is 49.3 Å². The van der Waals surface area contributed by atoms with Crippen LogP contribution in [0.1, 0.15) is 33.1 Å². The minimum absolute atomic E-state index is 0.306. The van der Waals surface area contributed by atoms with Gasteiger partial charge in [-0.3, -0.25) is 4.79 Å². The molecular formula is C9H17NO2. The van der Waals surface area contributed by atoms with Crippen LogP contribution in [-0.4, -0.2) is 23.2 Å². The second-order valence-electron chi connectivity index (χ2n) is 3.48. The van der Waals surface area contributed by atoms with Crippen LogP contribution in [0.2, 0.25) is 0 Å². The summed E-state index contributed by atoms with van der Waals surface area (Å²) >= 11 is 0. The monoisotopic (exact) mass is 171 g/mol. The summed E-state index contributed by atoms with van der Waals surface area (Å²) < 4.78 is 0. The summed E-state index contributed by atoms with van der Waals surface area (Å²) in [5.74, 6) is -0.152. The molecular weight excluding hydrogens is 154 g/mol. The molecule has 1 heterocycles. The number of rotatable bonds is 3. The number of aliphatic carboxylic acids is 1. The van der Waals surface area contributed by atoms with Gasteiger partial charge in [0.15, 0.2) is 0 Å². The van der Waals surface area contributed by atoms with Crippen LogP contribution in [0.4, 0.5) is 0 Å². The number of hydrogen-bond donors (Lipinski definition) is 2. The van der Waals surface area contributed by atoms with Gasteiger partial charge in [0.2, 0.25) is 0 Å². The lowest BCUT2D eigenvalue weighted by molar-refractivity contribution is -0.139. The highest BCUT2D eigenvalue weighted by molar-refractivity contribution is 5.74. The van der Waals surface area contributed by atoms with E-state index in [-0.39, 0.29) is 6.04 Å². The van der Waals surface area contributed by atoms with E-state index in [0.29, 0.717) is 12.0 Å². The SMILES string of the molecule is CC[C@H]1C[C@@H](C(=O)O)N[C@H]1CC. The van der Waals surface area contributed by atoms with Crippen LogP contribution in [0.5, 0.6) is 0 Å². The predicted octanol–water partition coefficient (Wildman–Crippen LogP) is 1.24. The highest BCUT2D eigenvalue weighted by Gasteiger charge is 2.34. The van der Waals surface area contributed by atoms with E-state index in [2.05, 4.69) is 19.2 Å². The van der Waals surface area contributed by atoms with Crippen molar-refractivity contribution in [2.75, 3.05) is 0 Å². The second kappa shape index (κ2) is 3.90. The van der Waals surface area contributed by atoms with Gasteiger partial charge < -0.3 is 10.4 Å². The molecule has 0 aromatic rings. The highest BCUT2D eigenvalue weighted by Crippen LogP contribution is 2.25. The van der Waals surface area contributed by atoms with Crippen molar-refractivity contribution in [1.82, 2.24) is 5.32 Å². The zero-order valence-electron chi connectivity index (χ0n) is 7.71. The van der Waals surface area contributed by atoms with Crippen LogP contribution in [-0.2, 0) is 4.79 Å². The Kier molecular flexibility index (Phi) is 3.09. The Hall–Kier alpha value is -0.570. The lowest BCUT2D eigenvalue weighted by atomic mass is 9.95. The van der Waals surface area contributed by atoms with Crippen LogP contribution >= 0.6 is 0 Å². The van der Waals surface area contributed by atoms with Gasteiger partial charge in [-0.05, 0) is 18.8 Å². The fourth-order valence-corrected chi connectivity index (χ4v) is 2.00. The fourth-order valence-electron chi connectivity index (χ4n) is 2.00. The molecule has 1 aliphatic heterocycles. The van der Waals surface area contributed by atoms with E-state index in [1.54, 1.807) is 0 Å². The van der Waals surface area contributed by atoms with Crippen LogP contribution in [0.25, 0.3) is 0 Å². The van der Waals surface area contributed by atoms with Crippen molar-refractivity contribution >= 4 is 5.97 Å². The lowest BCUT2D eigenvalue weighted by Crippen LogP contribution is -2.35. The smallest absolute Gasteiger partial charge is 0.320 e. The standard InChI is InChI=1S/C9H17NO2/c1-3-6-5-8(9(11)12)10-7(6)4-2/h6-8,10H,3-5H2,1-2H3,(H,11,12)/t6-,7-,8-/m0/s1. The largest absolute Gasteiger partial charge is 0.480 e. The summed E-state index contributed by atoms with van der Waals surface area (Å²) in [6, 6.07) is 0.107. The average molecular weight is 171 g/mol. The molecule has 3 heteroatoms. The average Bonchev–Trinajstić information content (AvgIpc) is 2.46. The highest BCUT2D eigenvalue weighted by atomic mass is 16.4. The summed E-state index contributed by atoms with van der Waals surface area (Å²) in [4.78, 5) is 10.7. The Balaban J connectivity index is 2.53. The van der Waals surface area contributed by atoms with Gasteiger partial charge in [0.1, 0.15) is 6.04 Å². The molecule has 0 aliphatic carbocycles. The van der Waals surface area contributed by atoms with Crippen molar-refractivity contribution in [1.29, 1.82) is 0 Å². The van der Waals surface area contributed by atoms with Gasteiger partial charge in [-0.25, -0.2) is 0 Å². The van der Waals surface area contributed by atoms with Gasteiger partial charge in [0, 0.05) is 6.04 Å². The van der Waals surface area contributed by atoms with Crippen molar-refractivity contribution in [3.8, 4) is 0 Å². The molecule has 0 aromatic heterocycles. The van der Waals surface area contributed by atoms with E-state index in [4.69, 9.17) is 5.11 Å². The third-order valence-electron chi connectivity index (χ3n) is 2.79. The van der Waals surface area contributed by atoms with Gasteiger partial charge in [-0.2, -0.15) is 0 Å². The number of carboxylic acids is 1. The maximum atomic E-state index is 10.7. The van der Waals surface area contributed by atoms with E-state index in [1.807, 2.05) is 0 Å². The molecule has 70 valence electrons. The molecule has 1 fully saturated rings. The number of nitrogens with one attached hydrogen (secondary N) is 1. The summed E-state index contributed by atoms with van der Waals surface area (Å²) in [5, 5.41) is 11.9. The molecule has 0 radical (unpaired) electrons. The van der Waals surface area contributed by atoms with E-state index in [0.717, 1.165) is 19.3 Å². The van der Waals surface area contributed by atoms with Gasteiger partial charge in [-0.15, -0.1) is 0 Å². The lowest BCUT2D eigenvalue weighted by Gasteiger charge is -2.14. The Morgan fingerprint density at radius 2 is 2.17 bits per heavy atom. The molecule has 0 aromatic carbocycles. The zero-order valence-corrected chi connectivity index (χ0v) is 7.71. The van der Waals surface area contributed by atoms with Crippen molar-refractivity contribution in [3.05, 3.63) is 0 Å². The van der Waals surface area contributed by atoms with Gasteiger partial charge in [0.25, 0.3) is 0 Å². The van der Waals surface area contributed by atoms with Crippen molar-refractivity contribution in [2.45, 2.75) is 45.2 Å². The molecule has 0 saturated carbocycles.